The van der Waals surface area contributed by atoms with Crippen LogP contribution in [0.1, 0.15) is 41.6 Å². The number of benzene rings is 2. The van der Waals surface area contributed by atoms with E-state index in [1.165, 1.54) is 19.4 Å². The van der Waals surface area contributed by atoms with E-state index in [2.05, 4.69) is 30.0 Å². The Morgan fingerprint density at radius 2 is 2.04 bits per heavy atom. The average molecular weight is 337 g/mol. The van der Waals surface area contributed by atoms with Crippen LogP contribution in [-0.4, -0.2) is 37.4 Å². The first-order chi connectivity index (χ1) is 12.2. The van der Waals surface area contributed by atoms with Crippen LogP contribution in [0.4, 0.5) is 0 Å². The molecule has 2 aromatic rings. The molecule has 0 spiro atoms. The maximum atomic E-state index is 13.0. The molecule has 4 rings (SSSR count). The quantitative estimate of drug-likeness (QED) is 0.754. The predicted octanol–water partition coefficient (Wildman–Crippen LogP) is 4.46. The molecule has 1 unspecified atom stereocenters. The summed E-state index contributed by atoms with van der Waals surface area (Å²) in [5.41, 5.74) is 1.99. The van der Waals surface area contributed by atoms with Gasteiger partial charge in [0.1, 0.15) is 5.75 Å². The van der Waals surface area contributed by atoms with Crippen molar-refractivity contribution in [2.24, 2.45) is 11.8 Å². The van der Waals surface area contributed by atoms with E-state index in [1.807, 2.05) is 12.1 Å². The number of aryl methyl sites for hydroxylation is 1. The molecule has 0 N–H and O–H groups in total. The van der Waals surface area contributed by atoms with E-state index < -0.39 is 0 Å². The maximum absolute atomic E-state index is 13.0. The minimum absolute atomic E-state index is 0.157. The Bertz CT molecular complexity index is 794. The zero-order chi connectivity index (χ0) is 17.4. The van der Waals surface area contributed by atoms with Gasteiger partial charge in [-0.3, -0.25) is 4.79 Å². The Hall–Kier alpha value is -1.87. The molecule has 2 fully saturated rings. The predicted molar refractivity (Wildman–Crippen MR) is 101 cm³/mol. The third-order valence-corrected chi connectivity index (χ3v) is 5.83. The van der Waals surface area contributed by atoms with Gasteiger partial charge in [0, 0.05) is 24.6 Å². The van der Waals surface area contributed by atoms with Crippen molar-refractivity contribution < 1.29 is 9.53 Å². The van der Waals surface area contributed by atoms with E-state index in [9.17, 15) is 4.79 Å². The molecule has 0 amide bonds. The van der Waals surface area contributed by atoms with E-state index in [4.69, 9.17) is 4.74 Å². The van der Waals surface area contributed by atoms with Gasteiger partial charge in [0.2, 0.25) is 0 Å². The van der Waals surface area contributed by atoms with Crippen molar-refractivity contribution >= 4 is 16.6 Å². The first kappa shape index (κ1) is 16.6. The Kier molecular flexibility index (Phi) is 4.51. The second kappa shape index (κ2) is 6.80. The van der Waals surface area contributed by atoms with Crippen LogP contribution in [0.25, 0.3) is 10.8 Å². The number of carbonyl (C=O) groups is 1. The van der Waals surface area contributed by atoms with Gasteiger partial charge in [-0.1, -0.05) is 18.2 Å². The maximum Gasteiger partial charge on any atom is 0.167 e. The molecule has 1 aliphatic carbocycles. The third-order valence-electron chi connectivity index (χ3n) is 5.83. The van der Waals surface area contributed by atoms with Gasteiger partial charge < -0.3 is 9.64 Å². The molecule has 1 saturated carbocycles. The lowest BCUT2D eigenvalue weighted by atomic mass is 9.88. The van der Waals surface area contributed by atoms with Crippen LogP contribution >= 0.6 is 0 Å². The van der Waals surface area contributed by atoms with E-state index in [0.717, 1.165) is 59.5 Å². The van der Waals surface area contributed by atoms with Crippen molar-refractivity contribution in [3.63, 3.8) is 0 Å². The monoisotopic (exact) mass is 337 g/mol. The highest BCUT2D eigenvalue weighted by Gasteiger charge is 2.30. The number of fused-ring (bicyclic) bond motifs is 1. The van der Waals surface area contributed by atoms with Gasteiger partial charge in [-0.05, 0) is 73.5 Å². The zero-order valence-corrected chi connectivity index (χ0v) is 15.3. The van der Waals surface area contributed by atoms with E-state index in [-0.39, 0.29) is 5.92 Å². The number of hydrogen-bond acceptors (Lipinski definition) is 3. The largest absolute Gasteiger partial charge is 0.496 e. The Morgan fingerprint density at radius 3 is 2.80 bits per heavy atom. The van der Waals surface area contributed by atoms with Gasteiger partial charge >= 0.3 is 0 Å². The molecular weight excluding hydrogens is 310 g/mol. The first-order valence-electron chi connectivity index (χ1n) is 9.49. The molecule has 1 saturated heterocycles. The molecule has 25 heavy (non-hydrogen) atoms. The van der Waals surface area contributed by atoms with Crippen molar-refractivity contribution in [1.29, 1.82) is 0 Å². The fourth-order valence-corrected chi connectivity index (χ4v) is 4.18. The number of nitrogens with zero attached hydrogens (tertiary/aromatic N) is 1. The summed E-state index contributed by atoms with van der Waals surface area (Å²) in [6, 6.07) is 10.2. The van der Waals surface area contributed by atoms with Crippen molar-refractivity contribution in [3.05, 3.63) is 41.5 Å². The average Bonchev–Trinajstić information content (AvgIpc) is 3.45. The fourth-order valence-electron chi connectivity index (χ4n) is 4.18. The Balaban J connectivity index is 1.54. The van der Waals surface area contributed by atoms with Gasteiger partial charge in [0.15, 0.2) is 5.78 Å². The van der Waals surface area contributed by atoms with Gasteiger partial charge in [-0.2, -0.15) is 0 Å². The molecule has 132 valence electrons. The van der Waals surface area contributed by atoms with Gasteiger partial charge in [0.25, 0.3) is 0 Å². The zero-order valence-electron chi connectivity index (χ0n) is 15.3. The van der Waals surface area contributed by atoms with Gasteiger partial charge in [-0.25, -0.2) is 0 Å². The van der Waals surface area contributed by atoms with Crippen LogP contribution in [0.5, 0.6) is 5.75 Å². The lowest BCUT2D eigenvalue weighted by Gasteiger charge is -2.32. The van der Waals surface area contributed by atoms with Crippen LogP contribution in [-0.2, 0) is 0 Å². The van der Waals surface area contributed by atoms with Gasteiger partial charge in [0.05, 0.1) is 7.11 Å². The molecule has 1 atom stereocenters. The second-order valence-corrected chi connectivity index (χ2v) is 7.74. The summed E-state index contributed by atoms with van der Waals surface area (Å²) in [6.45, 7) is 5.37. The Morgan fingerprint density at radius 1 is 1.20 bits per heavy atom. The van der Waals surface area contributed by atoms with Crippen LogP contribution in [0.3, 0.4) is 0 Å². The summed E-state index contributed by atoms with van der Waals surface area (Å²) < 4.78 is 5.40. The SMILES string of the molecule is COc1ccc2cc(C(=O)C3CCCN(CC4CC4)C3)ccc2c1C. The molecular formula is C22H27NO2. The summed E-state index contributed by atoms with van der Waals surface area (Å²) in [7, 11) is 1.70. The molecule has 0 aromatic heterocycles. The Labute approximate surface area is 150 Å². The number of likely N-dealkylation sites (tertiary alicyclic amines) is 1. The summed E-state index contributed by atoms with van der Waals surface area (Å²) in [5, 5.41) is 2.28. The first-order valence-corrected chi connectivity index (χ1v) is 9.49. The van der Waals surface area contributed by atoms with Crippen molar-refractivity contribution in [1.82, 2.24) is 4.90 Å². The molecule has 1 aliphatic heterocycles. The van der Waals surface area contributed by atoms with E-state index in [1.54, 1.807) is 7.11 Å². The van der Waals surface area contributed by atoms with Crippen molar-refractivity contribution in [2.75, 3.05) is 26.7 Å². The molecule has 0 bridgehead atoms. The number of ether oxygens (including phenoxy) is 1. The molecule has 2 aliphatic rings. The van der Waals surface area contributed by atoms with Gasteiger partial charge in [-0.15, -0.1) is 0 Å². The summed E-state index contributed by atoms with van der Waals surface area (Å²) in [5.74, 6) is 2.27. The number of methoxy groups -OCH3 is 1. The third kappa shape index (κ3) is 3.43. The lowest BCUT2D eigenvalue weighted by Crippen LogP contribution is -2.39. The highest BCUT2D eigenvalue weighted by atomic mass is 16.5. The number of Topliss-reactive ketones (excluding diaryl/α,β-unsaturated/α-hetero) is 1. The minimum Gasteiger partial charge on any atom is -0.496 e. The van der Waals surface area contributed by atoms with Crippen LogP contribution in [0.2, 0.25) is 0 Å². The topological polar surface area (TPSA) is 29.5 Å². The molecule has 1 heterocycles. The number of carbonyl (C=O) groups excluding carboxylic acids is 1. The highest BCUT2D eigenvalue weighted by Crippen LogP contribution is 2.32. The summed E-state index contributed by atoms with van der Waals surface area (Å²) >= 11 is 0. The van der Waals surface area contributed by atoms with Crippen LogP contribution in [0.15, 0.2) is 30.3 Å². The molecule has 2 aromatic carbocycles. The van der Waals surface area contributed by atoms with Crippen LogP contribution in [0, 0.1) is 18.8 Å². The standard InChI is InChI=1S/C22H27NO2/c1-15-20-9-7-18(12-17(20)8-10-21(15)25-2)22(24)19-4-3-11-23(14-19)13-16-5-6-16/h7-10,12,16,19H,3-6,11,13-14H2,1-2H3. The van der Waals surface area contributed by atoms with E-state index in [0.29, 0.717) is 5.78 Å². The number of rotatable bonds is 5. The number of piperidine rings is 1. The second-order valence-electron chi connectivity index (χ2n) is 7.74. The normalized spacial score (nSPS) is 21.4. The molecule has 3 nitrogen and oxygen atoms in total. The highest BCUT2D eigenvalue weighted by molar-refractivity contribution is 6.02. The molecule has 3 heteroatoms. The minimum atomic E-state index is 0.157. The van der Waals surface area contributed by atoms with E-state index >= 15 is 0 Å². The fraction of sp³-hybridized carbons (Fsp3) is 0.500. The lowest BCUT2D eigenvalue weighted by molar-refractivity contribution is 0.0815. The summed E-state index contributed by atoms with van der Waals surface area (Å²) in [6.07, 6.45) is 4.93. The number of ketones is 1. The summed E-state index contributed by atoms with van der Waals surface area (Å²) in [4.78, 5) is 15.6. The smallest absolute Gasteiger partial charge is 0.167 e. The van der Waals surface area contributed by atoms with Crippen molar-refractivity contribution in [2.45, 2.75) is 32.6 Å². The van der Waals surface area contributed by atoms with Crippen molar-refractivity contribution in [3.8, 4) is 5.75 Å². The molecule has 0 radical (unpaired) electrons. The van der Waals surface area contributed by atoms with Crippen LogP contribution < -0.4 is 4.74 Å². The number of hydrogen-bond donors (Lipinski definition) is 0.